The Balaban J connectivity index is 1.50. The lowest BCUT2D eigenvalue weighted by Crippen LogP contribution is -1.99. The third-order valence-corrected chi connectivity index (χ3v) is 7.18. The summed E-state index contributed by atoms with van der Waals surface area (Å²) in [5.41, 5.74) is 2.75. The van der Waals surface area contributed by atoms with E-state index < -0.39 is 0 Å². The Morgan fingerprint density at radius 3 is 2.24 bits per heavy atom. The second-order valence-corrected chi connectivity index (χ2v) is 9.15. The first-order valence-electron chi connectivity index (χ1n) is 11.0. The zero-order valence-corrected chi connectivity index (χ0v) is 18.8. The zero-order chi connectivity index (χ0) is 22.5. The molecule has 0 aliphatic carbocycles. The van der Waals surface area contributed by atoms with E-state index in [2.05, 4.69) is 42.5 Å². The fourth-order valence-corrected chi connectivity index (χ4v) is 5.55. The highest BCUT2D eigenvalue weighted by atomic mass is 32.1. The first kappa shape index (κ1) is 19.1. The van der Waals surface area contributed by atoms with Gasteiger partial charge < -0.3 is 4.42 Å². The van der Waals surface area contributed by atoms with Crippen molar-refractivity contribution in [2.24, 2.45) is 0 Å². The van der Waals surface area contributed by atoms with Gasteiger partial charge in [-0.05, 0) is 24.3 Å². The summed E-state index contributed by atoms with van der Waals surface area (Å²) in [6.45, 7) is 0. The standard InChI is InChI=1S/C29H17N3OS/c1-2-9-18(10-3-1)27-30-28(32-29(31-27)24-17-19-11-4-6-15-23(19)33-24)22-14-8-13-21-20-12-5-7-16-25(20)34-26(21)22/h1-17H. The van der Waals surface area contributed by atoms with Crippen molar-refractivity contribution in [3.8, 4) is 34.4 Å². The molecule has 3 aromatic heterocycles. The van der Waals surface area contributed by atoms with Crippen LogP contribution in [-0.4, -0.2) is 15.0 Å². The number of para-hydroxylation sites is 1. The third kappa shape index (κ3) is 3.10. The molecule has 7 rings (SSSR count). The summed E-state index contributed by atoms with van der Waals surface area (Å²) >= 11 is 1.77. The molecule has 0 N–H and O–H groups in total. The number of aromatic nitrogens is 3. The molecule has 0 atom stereocenters. The van der Waals surface area contributed by atoms with Gasteiger partial charge in [-0.1, -0.05) is 78.9 Å². The smallest absolute Gasteiger partial charge is 0.199 e. The van der Waals surface area contributed by atoms with Gasteiger partial charge in [-0.3, -0.25) is 0 Å². The first-order valence-corrected chi connectivity index (χ1v) is 11.9. The van der Waals surface area contributed by atoms with Crippen LogP contribution in [0.25, 0.3) is 65.5 Å². The normalized spacial score (nSPS) is 11.5. The van der Waals surface area contributed by atoms with Crippen LogP contribution in [0, 0.1) is 0 Å². The van der Waals surface area contributed by atoms with E-state index in [9.17, 15) is 0 Å². The summed E-state index contributed by atoms with van der Waals surface area (Å²) in [4.78, 5) is 14.6. The van der Waals surface area contributed by atoms with Gasteiger partial charge in [0.1, 0.15) is 5.58 Å². The Morgan fingerprint density at radius 1 is 0.588 bits per heavy atom. The average molecular weight is 456 g/mol. The lowest BCUT2D eigenvalue weighted by atomic mass is 10.1. The van der Waals surface area contributed by atoms with Gasteiger partial charge in [0.2, 0.25) is 0 Å². The number of benzene rings is 4. The number of rotatable bonds is 3. The quantitative estimate of drug-likeness (QED) is 0.271. The molecule has 0 amide bonds. The molecule has 0 aliphatic rings. The molecule has 0 radical (unpaired) electrons. The second-order valence-electron chi connectivity index (χ2n) is 8.10. The molecule has 0 unspecified atom stereocenters. The van der Waals surface area contributed by atoms with E-state index in [0.717, 1.165) is 22.1 Å². The van der Waals surface area contributed by atoms with Crippen LogP contribution in [0.2, 0.25) is 0 Å². The van der Waals surface area contributed by atoms with Gasteiger partial charge in [0.25, 0.3) is 0 Å². The summed E-state index contributed by atoms with van der Waals surface area (Å²) in [6.07, 6.45) is 0. The maximum atomic E-state index is 6.12. The molecule has 3 heterocycles. The highest BCUT2D eigenvalue weighted by Gasteiger charge is 2.18. The number of hydrogen-bond donors (Lipinski definition) is 0. The van der Waals surface area contributed by atoms with E-state index in [1.165, 1.54) is 20.2 Å². The molecule has 34 heavy (non-hydrogen) atoms. The van der Waals surface area contributed by atoms with Gasteiger partial charge in [-0.25, -0.2) is 15.0 Å². The average Bonchev–Trinajstić information content (AvgIpc) is 3.51. The topological polar surface area (TPSA) is 51.8 Å². The van der Waals surface area contributed by atoms with E-state index in [4.69, 9.17) is 19.4 Å². The van der Waals surface area contributed by atoms with E-state index in [1.807, 2.05) is 60.7 Å². The molecule has 0 spiro atoms. The van der Waals surface area contributed by atoms with Gasteiger partial charge in [0.05, 0.1) is 0 Å². The number of fused-ring (bicyclic) bond motifs is 4. The molecule has 0 aliphatic heterocycles. The second kappa shape index (κ2) is 7.61. The number of nitrogens with zero attached hydrogens (tertiary/aromatic N) is 3. The fraction of sp³-hybridized carbons (Fsp3) is 0. The van der Waals surface area contributed by atoms with Gasteiger partial charge >= 0.3 is 0 Å². The van der Waals surface area contributed by atoms with Crippen LogP contribution in [0.1, 0.15) is 0 Å². The predicted molar refractivity (Wildman–Crippen MR) is 139 cm³/mol. The lowest BCUT2D eigenvalue weighted by molar-refractivity contribution is 0.625. The highest BCUT2D eigenvalue weighted by Crippen LogP contribution is 2.39. The van der Waals surface area contributed by atoms with Crippen LogP contribution in [0.15, 0.2) is 108 Å². The van der Waals surface area contributed by atoms with Crippen LogP contribution in [0.4, 0.5) is 0 Å². The summed E-state index contributed by atoms with van der Waals surface area (Å²) < 4.78 is 8.54. The van der Waals surface area contributed by atoms with Crippen LogP contribution in [0.5, 0.6) is 0 Å². The zero-order valence-electron chi connectivity index (χ0n) is 18.0. The molecule has 160 valence electrons. The minimum absolute atomic E-state index is 0.526. The van der Waals surface area contributed by atoms with Crippen molar-refractivity contribution >= 4 is 42.5 Å². The van der Waals surface area contributed by atoms with Gasteiger partial charge in [-0.2, -0.15) is 0 Å². The van der Waals surface area contributed by atoms with E-state index in [0.29, 0.717) is 23.2 Å². The van der Waals surface area contributed by atoms with E-state index >= 15 is 0 Å². The molecule has 7 aromatic rings. The molecule has 4 nitrogen and oxygen atoms in total. The monoisotopic (exact) mass is 455 g/mol. The molecule has 0 saturated heterocycles. The third-order valence-electron chi connectivity index (χ3n) is 5.96. The summed E-state index contributed by atoms with van der Waals surface area (Å²) in [7, 11) is 0. The van der Waals surface area contributed by atoms with Crippen LogP contribution in [-0.2, 0) is 0 Å². The van der Waals surface area contributed by atoms with Crippen LogP contribution in [0.3, 0.4) is 0 Å². The van der Waals surface area contributed by atoms with Crippen molar-refractivity contribution in [3.63, 3.8) is 0 Å². The van der Waals surface area contributed by atoms with Crippen LogP contribution < -0.4 is 0 Å². The molecule has 5 heteroatoms. The molecular weight excluding hydrogens is 438 g/mol. The largest absolute Gasteiger partial charge is 0.453 e. The summed E-state index contributed by atoms with van der Waals surface area (Å²) in [5.74, 6) is 2.42. The Bertz CT molecular complexity index is 1790. The van der Waals surface area contributed by atoms with E-state index in [1.54, 1.807) is 11.3 Å². The Hall–Kier alpha value is -4.35. The van der Waals surface area contributed by atoms with Gasteiger partial charge in [0, 0.05) is 36.7 Å². The SMILES string of the molecule is c1ccc(-c2nc(-c3cc4ccccc4o3)nc(-c3cccc4c3sc3ccccc34)n2)cc1. The predicted octanol–water partition coefficient (Wildman–Crippen LogP) is 7.99. The van der Waals surface area contributed by atoms with Crippen molar-refractivity contribution in [1.29, 1.82) is 0 Å². The maximum absolute atomic E-state index is 6.12. The van der Waals surface area contributed by atoms with Crippen molar-refractivity contribution in [3.05, 3.63) is 103 Å². The van der Waals surface area contributed by atoms with Crippen molar-refractivity contribution in [1.82, 2.24) is 15.0 Å². The Kier molecular flexibility index (Phi) is 4.29. The number of thiophene rings is 1. The van der Waals surface area contributed by atoms with E-state index in [-0.39, 0.29) is 0 Å². The van der Waals surface area contributed by atoms with Gasteiger partial charge in [0.15, 0.2) is 23.2 Å². The van der Waals surface area contributed by atoms with Crippen molar-refractivity contribution < 1.29 is 4.42 Å². The minimum atomic E-state index is 0.526. The van der Waals surface area contributed by atoms with Crippen LogP contribution >= 0.6 is 11.3 Å². The molecule has 0 saturated carbocycles. The number of furan rings is 1. The van der Waals surface area contributed by atoms with Crippen molar-refractivity contribution in [2.75, 3.05) is 0 Å². The Labute approximate surface area is 199 Å². The number of hydrogen-bond acceptors (Lipinski definition) is 5. The Morgan fingerprint density at radius 2 is 1.32 bits per heavy atom. The lowest BCUT2D eigenvalue weighted by Gasteiger charge is -2.07. The molecule has 0 bridgehead atoms. The van der Waals surface area contributed by atoms with Crippen molar-refractivity contribution in [2.45, 2.75) is 0 Å². The molecule has 0 fully saturated rings. The first-order chi connectivity index (χ1) is 16.8. The summed E-state index contributed by atoms with van der Waals surface area (Å²) in [5, 5.41) is 3.48. The van der Waals surface area contributed by atoms with Gasteiger partial charge in [-0.15, -0.1) is 11.3 Å². The maximum Gasteiger partial charge on any atom is 0.199 e. The molecular formula is C29H17N3OS. The fourth-order valence-electron chi connectivity index (χ4n) is 4.34. The minimum Gasteiger partial charge on any atom is -0.453 e. The molecule has 4 aromatic carbocycles. The summed E-state index contributed by atoms with van der Waals surface area (Å²) in [6, 6.07) is 34.7. The highest BCUT2D eigenvalue weighted by molar-refractivity contribution is 7.26.